The van der Waals surface area contributed by atoms with E-state index < -0.39 is 4.92 Å². The SMILES string of the molecule is O=Nc1ccc2c(Nc3ccc4[nH]ccc4c3)c3ccc([N+](=O)[O-])cc3nc2c1. The summed E-state index contributed by atoms with van der Waals surface area (Å²) in [6.07, 6.45) is 1.87. The fourth-order valence-electron chi connectivity index (χ4n) is 3.50. The van der Waals surface area contributed by atoms with Gasteiger partial charge in [0.15, 0.2) is 0 Å². The first kappa shape index (κ1) is 16.8. The molecule has 0 spiro atoms. The summed E-state index contributed by atoms with van der Waals surface area (Å²) in [4.78, 5) is 29.4. The molecule has 0 aliphatic heterocycles. The molecule has 2 aromatic heterocycles. The zero-order chi connectivity index (χ0) is 20.0. The fraction of sp³-hybridized carbons (Fsp3) is 0. The minimum Gasteiger partial charge on any atom is -0.361 e. The van der Waals surface area contributed by atoms with Crippen LogP contribution in [0.4, 0.5) is 22.7 Å². The largest absolute Gasteiger partial charge is 0.361 e. The number of benzene rings is 3. The molecule has 5 rings (SSSR count). The number of nitrogens with one attached hydrogen (secondary N) is 2. The molecule has 0 fully saturated rings. The molecule has 0 aliphatic rings. The topological polar surface area (TPSA) is 113 Å². The lowest BCUT2D eigenvalue weighted by Gasteiger charge is -2.13. The molecular formula is C21H13N5O3. The summed E-state index contributed by atoms with van der Waals surface area (Å²) < 4.78 is 0. The van der Waals surface area contributed by atoms with Gasteiger partial charge in [-0.2, -0.15) is 0 Å². The van der Waals surface area contributed by atoms with E-state index in [-0.39, 0.29) is 11.4 Å². The average Bonchev–Trinajstić information content (AvgIpc) is 3.20. The Morgan fingerprint density at radius 3 is 2.55 bits per heavy atom. The molecule has 0 saturated carbocycles. The number of rotatable bonds is 4. The van der Waals surface area contributed by atoms with Crippen molar-refractivity contribution < 1.29 is 4.92 Å². The third-order valence-electron chi connectivity index (χ3n) is 4.88. The highest BCUT2D eigenvalue weighted by Crippen LogP contribution is 2.36. The lowest BCUT2D eigenvalue weighted by molar-refractivity contribution is -0.384. The van der Waals surface area contributed by atoms with Crippen LogP contribution in [0.1, 0.15) is 0 Å². The van der Waals surface area contributed by atoms with Crippen LogP contribution in [0.2, 0.25) is 0 Å². The highest BCUT2D eigenvalue weighted by Gasteiger charge is 2.14. The molecule has 8 nitrogen and oxygen atoms in total. The summed E-state index contributed by atoms with van der Waals surface area (Å²) in [7, 11) is 0. The van der Waals surface area contributed by atoms with E-state index in [1.807, 2.05) is 30.5 Å². The number of nitro groups is 1. The zero-order valence-electron chi connectivity index (χ0n) is 14.9. The van der Waals surface area contributed by atoms with Crippen LogP contribution in [0.15, 0.2) is 72.0 Å². The number of hydrogen-bond donors (Lipinski definition) is 2. The van der Waals surface area contributed by atoms with E-state index in [1.54, 1.807) is 24.3 Å². The number of nitrogens with zero attached hydrogens (tertiary/aromatic N) is 3. The third-order valence-corrected chi connectivity index (χ3v) is 4.88. The first-order valence-corrected chi connectivity index (χ1v) is 8.82. The highest BCUT2D eigenvalue weighted by atomic mass is 16.6. The quantitative estimate of drug-likeness (QED) is 0.173. The van der Waals surface area contributed by atoms with Gasteiger partial charge in [-0.1, -0.05) is 0 Å². The van der Waals surface area contributed by atoms with E-state index in [1.165, 1.54) is 12.1 Å². The molecule has 0 radical (unpaired) electrons. The molecular weight excluding hydrogens is 370 g/mol. The predicted molar refractivity (Wildman–Crippen MR) is 113 cm³/mol. The van der Waals surface area contributed by atoms with Gasteiger partial charge in [-0.05, 0) is 53.7 Å². The summed E-state index contributed by atoms with van der Waals surface area (Å²) in [6, 6.07) is 17.4. The third kappa shape index (κ3) is 2.83. The maximum absolute atomic E-state index is 11.2. The number of nitro benzene ring substituents is 1. The summed E-state index contributed by atoms with van der Waals surface area (Å²) in [5.41, 5.74) is 3.83. The molecule has 0 saturated heterocycles. The van der Waals surface area contributed by atoms with Crippen molar-refractivity contribution in [3.05, 3.63) is 81.9 Å². The first-order chi connectivity index (χ1) is 14.1. The summed E-state index contributed by atoms with van der Waals surface area (Å²) in [5.74, 6) is 0. The Hall–Kier alpha value is -4.33. The molecule has 0 amide bonds. The van der Waals surface area contributed by atoms with Gasteiger partial charge >= 0.3 is 0 Å². The van der Waals surface area contributed by atoms with Crippen LogP contribution in [0, 0.1) is 15.0 Å². The molecule has 0 bridgehead atoms. The van der Waals surface area contributed by atoms with Crippen molar-refractivity contribution >= 4 is 55.5 Å². The minimum absolute atomic E-state index is 0.0475. The van der Waals surface area contributed by atoms with Gasteiger partial charge < -0.3 is 10.3 Å². The van der Waals surface area contributed by atoms with E-state index in [9.17, 15) is 15.0 Å². The van der Waals surface area contributed by atoms with E-state index in [2.05, 4.69) is 20.5 Å². The first-order valence-electron chi connectivity index (χ1n) is 8.82. The number of aromatic nitrogens is 2. The maximum atomic E-state index is 11.2. The molecule has 3 aromatic carbocycles. The van der Waals surface area contributed by atoms with Gasteiger partial charge in [0.25, 0.3) is 5.69 Å². The molecule has 0 atom stereocenters. The van der Waals surface area contributed by atoms with Crippen molar-refractivity contribution in [1.29, 1.82) is 0 Å². The van der Waals surface area contributed by atoms with Crippen LogP contribution in [0.5, 0.6) is 0 Å². The average molecular weight is 383 g/mol. The van der Waals surface area contributed by atoms with Crippen molar-refractivity contribution in [2.45, 2.75) is 0 Å². The number of aromatic amines is 1. The molecule has 2 N–H and O–H groups in total. The number of pyridine rings is 1. The van der Waals surface area contributed by atoms with Gasteiger partial charge in [0.1, 0.15) is 5.69 Å². The van der Waals surface area contributed by atoms with Gasteiger partial charge in [0.2, 0.25) is 0 Å². The van der Waals surface area contributed by atoms with Crippen LogP contribution in [-0.4, -0.2) is 14.9 Å². The Morgan fingerprint density at radius 2 is 1.76 bits per heavy atom. The smallest absolute Gasteiger partial charge is 0.271 e. The molecule has 5 aromatic rings. The molecule has 140 valence electrons. The van der Waals surface area contributed by atoms with Crippen LogP contribution in [0.25, 0.3) is 32.7 Å². The summed E-state index contributed by atoms with van der Waals surface area (Å²) in [6.45, 7) is 0. The normalized spacial score (nSPS) is 11.2. The summed E-state index contributed by atoms with van der Waals surface area (Å²) in [5, 5.41) is 20.2. The van der Waals surface area contributed by atoms with E-state index in [4.69, 9.17) is 0 Å². The second-order valence-electron chi connectivity index (χ2n) is 6.64. The van der Waals surface area contributed by atoms with Crippen molar-refractivity contribution in [2.75, 3.05) is 5.32 Å². The Bertz CT molecular complexity index is 1440. The maximum Gasteiger partial charge on any atom is 0.271 e. The predicted octanol–water partition coefficient (Wildman–Crippen LogP) is 5.92. The molecule has 2 heterocycles. The van der Waals surface area contributed by atoms with Gasteiger partial charge in [-0.15, -0.1) is 4.91 Å². The highest BCUT2D eigenvalue weighted by molar-refractivity contribution is 6.09. The summed E-state index contributed by atoms with van der Waals surface area (Å²) >= 11 is 0. The monoisotopic (exact) mass is 383 g/mol. The standard InChI is InChI=1S/C21H13N5O3/c27-25-14-1-4-16-19(10-14)24-20-11-15(26(28)29)3-5-17(20)21(16)23-13-2-6-18-12(9-13)7-8-22-18/h1-11,22H,(H,23,24). The fourth-order valence-corrected chi connectivity index (χ4v) is 3.50. The van der Waals surface area contributed by atoms with Crippen LogP contribution < -0.4 is 5.32 Å². The minimum atomic E-state index is -0.457. The van der Waals surface area contributed by atoms with Gasteiger partial charge in [-0.25, -0.2) is 4.98 Å². The number of fused-ring (bicyclic) bond motifs is 3. The van der Waals surface area contributed by atoms with Crippen molar-refractivity contribution in [3.8, 4) is 0 Å². The van der Waals surface area contributed by atoms with Crippen molar-refractivity contribution in [3.63, 3.8) is 0 Å². The van der Waals surface area contributed by atoms with E-state index >= 15 is 0 Å². The number of hydrogen-bond acceptors (Lipinski definition) is 6. The van der Waals surface area contributed by atoms with Crippen molar-refractivity contribution in [1.82, 2.24) is 9.97 Å². The van der Waals surface area contributed by atoms with Crippen LogP contribution in [0.3, 0.4) is 0 Å². The number of non-ortho nitro benzene ring substituents is 1. The molecule has 0 aliphatic carbocycles. The van der Waals surface area contributed by atoms with Gasteiger partial charge in [-0.3, -0.25) is 10.1 Å². The number of nitroso groups, excluding NO2 is 1. The second kappa shape index (κ2) is 6.38. The van der Waals surface area contributed by atoms with Crippen LogP contribution in [-0.2, 0) is 0 Å². The Morgan fingerprint density at radius 1 is 0.966 bits per heavy atom. The number of anilines is 2. The van der Waals surface area contributed by atoms with E-state index in [0.29, 0.717) is 11.0 Å². The Kier molecular flexibility index (Phi) is 3.70. The zero-order valence-corrected chi connectivity index (χ0v) is 14.9. The Balaban J connectivity index is 1.76. The van der Waals surface area contributed by atoms with Crippen LogP contribution >= 0.6 is 0 Å². The van der Waals surface area contributed by atoms with Gasteiger partial charge in [0, 0.05) is 45.7 Å². The van der Waals surface area contributed by atoms with Crippen molar-refractivity contribution in [2.24, 2.45) is 5.18 Å². The lowest BCUT2D eigenvalue weighted by atomic mass is 10.1. The molecule has 8 heteroatoms. The molecule has 29 heavy (non-hydrogen) atoms. The van der Waals surface area contributed by atoms with E-state index in [0.717, 1.165) is 33.1 Å². The molecule has 0 unspecified atom stereocenters. The lowest BCUT2D eigenvalue weighted by Crippen LogP contribution is -1.96. The number of H-pyrrole nitrogens is 1. The second-order valence-corrected chi connectivity index (χ2v) is 6.64. The van der Waals surface area contributed by atoms with Gasteiger partial charge in [0.05, 0.1) is 21.6 Å². The Labute approximate surface area is 163 Å².